The van der Waals surface area contributed by atoms with E-state index in [0.29, 0.717) is 6.54 Å². The van der Waals surface area contributed by atoms with E-state index >= 15 is 0 Å². The average Bonchev–Trinajstić information content (AvgIpc) is 2.74. The van der Waals surface area contributed by atoms with Crippen molar-refractivity contribution in [2.45, 2.75) is 64.5 Å². The molecule has 1 aliphatic carbocycles. The highest BCUT2D eigenvalue weighted by atomic mass is 15.2. The van der Waals surface area contributed by atoms with Crippen LogP contribution in [-0.4, -0.2) is 12.6 Å². The number of hydrogen-bond acceptors (Lipinski definition) is 2. The van der Waals surface area contributed by atoms with Crippen LogP contribution in [0.1, 0.15) is 57.4 Å². The number of hydrogen-bond donors (Lipinski definition) is 1. The van der Waals surface area contributed by atoms with Crippen molar-refractivity contribution in [2.75, 3.05) is 11.4 Å². The van der Waals surface area contributed by atoms with E-state index in [9.17, 15) is 0 Å². The molecule has 0 heterocycles. The summed E-state index contributed by atoms with van der Waals surface area (Å²) >= 11 is 0. The Bertz CT molecular complexity index is 350. The Kier molecular flexibility index (Phi) is 5.71. The van der Waals surface area contributed by atoms with Crippen LogP contribution in [0.4, 0.5) is 5.69 Å². The summed E-state index contributed by atoms with van der Waals surface area (Å²) in [6, 6.07) is 9.60. The highest BCUT2D eigenvalue weighted by molar-refractivity contribution is 5.48. The Labute approximate surface area is 118 Å². The second-order valence-electron chi connectivity index (χ2n) is 5.71. The molecule has 0 bridgehead atoms. The first-order valence-electron chi connectivity index (χ1n) is 7.90. The number of nitrogens with zero attached hydrogens (tertiary/aromatic N) is 1. The molecule has 0 amide bonds. The first-order valence-corrected chi connectivity index (χ1v) is 7.90. The minimum atomic E-state index is 0.636. The Balaban J connectivity index is 2.12. The van der Waals surface area contributed by atoms with E-state index in [2.05, 4.69) is 36.1 Å². The van der Waals surface area contributed by atoms with Gasteiger partial charge in [-0.15, -0.1) is 0 Å². The smallest absolute Gasteiger partial charge is 0.0368 e. The maximum absolute atomic E-state index is 5.68. The molecule has 0 spiro atoms. The molecule has 0 atom stereocenters. The topological polar surface area (TPSA) is 29.3 Å². The van der Waals surface area contributed by atoms with Crippen molar-refractivity contribution >= 4 is 5.69 Å². The van der Waals surface area contributed by atoms with E-state index in [1.165, 1.54) is 62.7 Å². The van der Waals surface area contributed by atoms with Crippen molar-refractivity contribution in [2.24, 2.45) is 5.73 Å². The van der Waals surface area contributed by atoms with Gasteiger partial charge in [-0.3, -0.25) is 0 Å². The molecule has 1 saturated carbocycles. The van der Waals surface area contributed by atoms with Gasteiger partial charge in [-0.25, -0.2) is 0 Å². The third-order valence-electron chi connectivity index (χ3n) is 4.23. The normalized spacial score (nSPS) is 17.2. The standard InChI is InChI=1S/C17H28N2/c1-2-13-19(16-7-5-3-4-6-8-16)17-11-9-15(14-18)10-12-17/h9-12,16H,2-8,13-14,18H2,1H3. The second-order valence-corrected chi connectivity index (χ2v) is 5.71. The molecule has 2 N–H and O–H groups in total. The van der Waals surface area contributed by atoms with Gasteiger partial charge in [0.1, 0.15) is 0 Å². The molecule has 1 aromatic rings. The molecule has 1 aliphatic rings. The fraction of sp³-hybridized carbons (Fsp3) is 0.647. The van der Waals surface area contributed by atoms with Gasteiger partial charge in [-0.1, -0.05) is 44.7 Å². The van der Waals surface area contributed by atoms with Gasteiger partial charge in [0.2, 0.25) is 0 Å². The predicted octanol–water partition coefficient (Wildman–Crippen LogP) is 4.08. The lowest BCUT2D eigenvalue weighted by Gasteiger charge is -2.33. The molecule has 0 saturated heterocycles. The van der Waals surface area contributed by atoms with Crippen molar-refractivity contribution in [3.05, 3.63) is 29.8 Å². The van der Waals surface area contributed by atoms with Gasteiger partial charge in [0.15, 0.2) is 0 Å². The minimum Gasteiger partial charge on any atom is -0.369 e. The SMILES string of the molecule is CCCN(c1ccc(CN)cc1)C1CCCCCC1. The summed E-state index contributed by atoms with van der Waals surface area (Å²) in [4.78, 5) is 2.63. The minimum absolute atomic E-state index is 0.636. The van der Waals surface area contributed by atoms with Crippen LogP contribution in [0.3, 0.4) is 0 Å². The predicted molar refractivity (Wildman–Crippen MR) is 83.5 cm³/mol. The molecule has 1 aromatic carbocycles. The summed E-state index contributed by atoms with van der Waals surface area (Å²) < 4.78 is 0. The van der Waals surface area contributed by atoms with Crippen LogP contribution < -0.4 is 10.6 Å². The number of nitrogens with two attached hydrogens (primary N) is 1. The molecule has 0 aromatic heterocycles. The Morgan fingerprint density at radius 3 is 2.21 bits per heavy atom. The Hall–Kier alpha value is -1.02. The summed E-state index contributed by atoms with van der Waals surface area (Å²) in [7, 11) is 0. The van der Waals surface area contributed by atoms with Gasteiger partial charge in [0.05, 0.1) is 0 Å². The fourth-order valence-corrected chi connectivity index (χ4v) is 3.16. The second kappa shape index (κ2) is 7.54. The Morgan fingerprint density at radius 2 is 1.68 bits per heavy atom. The summed E-state index contributed by atoms with van der Waals surface area (Å²) in [6.45, 7) is 4.09. The van der Waals surface area contributed by atoms with Crippen molar-refractivity contribution in [3.63, 3.8) is 0 Å². The molecular weight excluding hydrogens is 232 g/mol. The van der Waals surface area contributed by atoms with Crippen LogP contribution in [-0.2, 0) is 6.54 Å². The van der Waals surface area contributed by atoms with Crippen LogP contribution in [0.25, 0.3) is 0 Å². The molecule has 0 unspecified atom stereocenters. The van der Waals surface area contributed by atoms with E-state index in [-0.39, 0.29) is 0 Å². The summed E-state index contributed by atoms with van der Waals surface area (Å²) in [5, 5.41) is 0. The number of benzene rings is 1. The maximum atomic E-state index is 5.68. The summed E-state index contributed by atoms with van der Waals surface area (Å²) in [6.07, 6.45) is 9.56. The van der Waals surface area contributed by atoms with Gasteiger partial charge in [0.25, 0.3) is 0 Å². The van der Waals surface area contributed by atoms with E-state index in [1.54, 1.807) is 0 Å². The molecule has 2 nitrogen and oxygen atoms in total. The largest absolute Gasteiger partial charge is 0.369 e. The fourth-order valence-electron chi connectivity index (χ4n) is 3.16. The van der Waals surface area contributed by atoms with Crippen LogP contribution in [0.15, 0.2) is 24.3 Å². The monoisotopic (exact) mass is 260 g/mol. The van der Waals surface area contributed by atoms with Crippen molar-refractivity contribution in [1.82, 2.24) is 0 Å². The number of anilines is 1. The first kappa shape index (κ1) is 14.4. The zero-order valence-electron chi connectivity index (χ0n) is 12.3. The zero-order chi connectivity index (χ0) is 13.5. The highest BCUT2D eigenvalue weighted by Gasteiger charge is 2.19. The van der Waals surface area contributed by atoms with Crippen molar-refractivity contribution < 1.29 is 0 Å². The Morgan fingerprint density at radius 1 is 1.05 bits per heavy atom. The summed E-state index contributed by atoms with van der Waals surface area (Å²) in [5.74, 6) is 0. The van der Waals surface area contributed by atoms with Gasteiger partial charge in [-0.2, -0.15) is 0 Å². The van der Waals surface area contributed by atoms with Crippen LogP contribution >= 0.6 is 0 Å². The quantitative estimate of drug-likeness (QED) is 0.808. The summed E-state index contributed by atoms with van der Waals surface area (Å²) in [5.41, 5.74) is 8.29. The van der Waals surface area contributed by atoms with Crippen LogP contribution in [0, 0.1) is 0 Å². The zero-order valence-corrected chi connectivity index (χ0v) is 12.3. The molecule has 2 heteroatoms. The number of rotatable bonds is 5. The van der Waals surface area contributed by atoms with E-state index in [1.807, 2.05) is 0 Å². The molecule has 106 valence electrons. The van der Waals surface area contributed by atoms with Crippen molar-refractivity contribution in [3.8, 4) is 0 Å². The molecular formula is C17H28N2. The van der Waals surface area contributed by atoms with Crippen molar-refractivity contribution in [1.29, 1.82) is 0 Å². The third-order valence-corrected chi connectivity index (χ3v) is 4.23. The van der Waals surface area contributed by atoms with Crippen LogP contribution in [0.5, 0.6) is 0 Å². The first-order chi connectivity index (χ1) is 9.35. The van der Waals surface area contributed by atoms with Crippen LogP contribution in [0.2, 0.25) is 0 Å². The third kappa shape index (κ3) is 3.97. The van der Waals surface area contributed by atoms with Gasteiger partial charge in [-0.05, 0) is 37.0 Å². The van der Waals surface area contributed by atoms with E-state index in [0.717, 1.165) is 6.04 Å². The average molecular weight is 260 g/mol. The molecule has 2 rings (SSSR count). The van der Waals surface area contributed by atoms with Gasteiger partial charge >= 0.3 is 0 Å². The molecule has 1 fully saturated rings. The molecule has 0 aliphatic heterocycles. The lowest BCUT2D eigenvalue weighted by molar-refractivity contribution is 0.522. The van der Waals surface area contributed by atoms with Gasteiger partial charge in [0, 0.05) is 24.8 Å². The molecule has 19 heavy (non-hydrogen) atoms. The van der Waals surface area contributed by atoms with E-state index in [4.69, 9.17) is 5.73 Å². The van der Waals surface area contributed by atoms with Gasteiger partial charge < -0.3 is 10.6 Å². The highest BCUT2D eigenvalue weighted by Crippen LogP contribution is 2.27. The molecule has 0 radical (unpaired) electrons. The lowest BCUT2D eigenvalue weighted by Crippen LogP contribution is -2.35. The van der Waals surface area contributed by atoms with E-state index < -0.39 is 0 Å². The maximum Gasteiger partial charge on any atom is 0.0368 e. The lowest BCUT2D eigenvalue weighted by atomic mass is 10.1.